The van der Waals surface area contributed by atoms with Crippen LogP contribution in [-0.2, 0) is 4.79 Å². The molecule has 2 rings (SSSR count). The van der Waals surface area contributed by atoms with Gasteiger partial charge in [-0.3, -0.25) is 4.79 Å². The third-order valence-electron chi connectivity index (χ3n) is 2.86. The molecule has 0 bridgehead atoms. The topological polar surface area (TPSA) is 53.5 Å². The van der Waals surface area contributed by atoms with E-state index in [2.05, 4.69) is 63.6 Å². The van der Waals surface area contributed by atoms with E-state index in [0.717, 1.165) is 30.2 Å². The van der Waals surface area contributed by atoms with Gasteiger partial charge in [-0.15, -0.1) is 0 Å². The number of halogens is 3. The van der Waals surface area contributed by atoms with Gasteiger partial charge in [0.05, 0.1) is 18.4 Å². The summed E-state index contributed by atoms with van der Waals surface area (Å²) in [5.74, 6) is -0.226. The molecule has 0 aliphatic heterocycles. The van der Waals surface area contributed by atoms with Crippen LogP contribution in [0.25, 0.3) is 0 Å². The largest absolute Gasteiger partial charge is 0.374 e. The van der Waals surface area contributed by atoms with Crippen LogP contribution in [0.1, 0.15) is 11.1 Å². The van der Waals surface area contributed by atoms with Crippen molar-refractivity contribution in [1.82, 2.24) is 5.43 Å². The number of benzene rings is 2. The molecule has 1 amide bonds. The number of rotatable bonds is 5. The molecule has 0 saturated heterocycles. The minimum atomic E-state index is -0.226. The Morgan fingerprint density at radius 2 is 1.87 bits per heavy atom. The number of nitrogens with zero attached hydrogens (tertiary/aromatic N) is 1. The predicted molar refractivity (Wildman–Crippen MR) is 105 cm³/mol. The average Bonchev–Trinajstić information content (AvgIpc) is 2.46. The smallest absolute Gasteiger partial charge is 0.259 e. The Labute approximate surface area is 160 Å². The molecule has 0 aromatic heterocycles. The molecule has 0 spiro atoms. The zero-order valence-electron chi connectivity index (χ0n) is 12.2. The van der Waals surface area contributed by atoms with Crippen LogP contribution in [0.4, 0.5) is 5.69 Å². The summed E-state index contributed by atoms with van der Waals surface area (Å²) in [5.41, 5.74) is 5.35. The number of hydrazone groups is 1. The number of hydrogen-bond acceptors (Lipinski definition) is 3. The van der Waals surface area contributed by atoms with Crippen LogP contribution in [-0.4, -0.2) is 18.7 Å². The maximum atomic E-state index is 11.8. The Hall–Kier alpha value is -1.18. The second-order valence-electron chi connectivity index (χ2n) is 4.81. The Balaban J connectivity index is 1.88. The monoisotopic (exact) mass is 501 g/mol. The molecule has 4 nitrogen and oxygen atoms in total. The number of hydrogen-bond donors (Lipinski definition) is 2. The van der Waals surface area contributed by atoms with Gasteiger partial charge in [0, 0.05) is 13.4 Å². The van der Waals surface area contributed by atoms with Gasteiger partial charge in [0.2, 0.25) is 0 Å². The molecule has 2 N–H and O–H groups in total. The molecule has 2 aromatic rings. The highest BCUT2D eigenvalue weighted by atomic mass is 79.9. The third kappa shape index (κ3) is 5.75. The predicted octanol–water partition coefficient (Wildman–Crippen LogP) is 4.84. The van der Waals surface area contributed by atoms with Crippen molar-refractivity contribution in [2.45, 2.75) is 6.92 Å². The first-order chi connectivity index (χ1) is 11.0. The van der Waals surface area contributed by atoms with Crippen LogP contribution in [0.5, 0.6) is 0 Å². The molecule has 0 unspecified atom stereocenters. The number of aryl methyl sites for hydroxylation is 1. The zero-order valence-corrected chi connectivity index (χ0v) is 17.0. The van der Waals surface area contributed by atoms with Crippen LogP contribution in [0.15, 0.2) is 54.9 Å². The highest BCUT2D eigenvalue weighted by molar-refractivity contribution is 9.11. The van der Waals surface area contributed by atoms with Crippen molar-refractivity contribution in [3.63, 3.8) is 0 Å². The summed E-state index contributed by atoms with van der Waals surface area (Å²) in [4.78, 5) is 11.8. The SMILES string of the molecule is Cc1cc(Br)c(NCC(=O)N/N=C\c2cccc(Br)c2)c(Br)c1. The molecule has 23 heavy (non-hydrogen) atoms. The van der Waals surface area contributed by atoms with Crippen molar-refractivity contribution in [3.05, 3.63) is 60.9 Å². The van der Waals surface area contributed by atoms with E-state index in [-0.39, 0.29) is 12.5 Å². The molecule has 0 radical (unpaired) electrons. The lowest BCUT2D eigenvalue weighted by Crippen LogP contribution is -2.26. The first-order valence-electron chi connectivity index (χ1n) is 6.72. The van der Waals surface area contributed by atoms with E-state index in [4.69, 9.17) is 0 Å². The maximum absolute atomic E-state index is 11.8. The lowest BCUT2D eigenvalue weighted by molar-refractivity contribution is -0.119. The van der Waals surface area contributed by atoms with Gasteiger partial charge in [-0.25, -0.2) is 5.43 Å². The Bertz CT molecular complexity index is 724. The lowest BCUT2D eigenvalue weighted by Gasteiger charge is -2.11. The minimum Gasteiger partial charge on any atom is -0.374 e. The normalized spacial score (nSPS) is 10.8. The Morgan fingerprint density at radius 1 is 1.17 bits per heavy atom. The number of anilines is 1. The fourth-order valence-electron chi connectivity index (χ4n) is 1.84. The number of nitrogens with one attached hydrogen (secondary N) is 2. The van der Waals surface area contributed by atoms with Crippen molar-refractivity contribution in [1.29, 1.82) is 0 Å². The van der Waals surface area contributed by atoms with Gasteiger partial charge < -0.3 is 5.32 Å². The van der Waals surface area contributed by atoms with Crippen LogP contribution >= 0.6 is 47.8 Å². The minimum absolute atomic E-state index is 0.121. The summed E-state index contributed by atoms with van der Waals surface area (Å²) in [6.45, 7) is 2.12. The summed E-state index contributed by atoms with van der Waals surface area (Å²) < 4.78 is 2.76. The zero-order chi connectivity index (χ0) is 16.8. The third-order valence-corrected chi connectivity index (χ3v) is 4.61. The quantitative estimate of drug-likeness (QED) is 0.453. The average molecular weight is 504 g/mol. The molecular weight excluding hydrogens is 490 g/mol. The fraction of sp³-hybridized carbons (Fsp3) is 0.125. The number of carbonyl (C=O) groups is 1. The standard InChI is InChI=1S/C16H14Br3N3O/c1-10-5-13(18)16(14(19)6-10)20-9-15(23)22-21-8-11-3-2-4-12(17)7-11/h2-8,20H,9H2,1H3,(H,22,23)/b21-8-. The van der Waals surface area contributed by atoms with Crippen molar-refractivity contribution in [2.24, 2.45) is 5.10 Å². The molecular formula is C16H14Br3N3O. The van der Waals surface area contributed by atoms with E-state index < -0.39 is 0 Å². The Kier molecular flexibility index (Phi) is 6.80. The molecule has 0 fully saturated rings. The van der Waals surface area contributed by atoms with Gasteiger partial charge in [-0.2, -0.15) is 5.10 Å². The number of carbonyl (C=O) groups excluding carboxylic acids is 1. The van der Waals surface area contributed by atoms with Crippen molar-refractivity contribution in [3.8, 4) is 0 Å². The Morgan fingerprint density at radius 3 is 2.52 bits per heavy atom. The van der Waals surface area contributed by atoms with Gasteiger partial charge in [-0.05, 0) is 74.2 Å². The summed E-state index contributed by atoms with van der Waals surface area (Å²) >= 11 is 10.3. The summed E-state index contributed by atoms with van der Waals surface area (Å²) in [7, 11) is 0. The fourth-order valence-corrected chi connectivity index (χ4v) is 3.96. The maximum Gasteiger partial charge on any atom is 0.259 e. The van der Waals surface area contributed by atoms with Gasteiger partial charge in [-0.1, -0.05) is 28.1 Å². The van der Waals surface area contributed by atoms with E-state index >= 15 is 0 Å². The van der Waals surface area contributed by atoms with Crippen molar-refractivity contribution in [2.75, 3.05) is 11.9 Å². The summed E-state index contributed by atoms with van der Waals surface area (Å²) in [6, 6.07) is 11.6. The van der Waals surface area contributed by atoms with Gasteiger partial charge in [0.25, 0.3) is 5.91 Å². The molecule has 0 heterocycles. The summed E-state index contributed by atoms with van der Waals surface area (Å²) in [5, 5.41) is 7.02. The molecule has 0 aliphatic rings. The van der Waals surface area contributed by atoms with E-state index in [0.29, 0.717) is 0 Å². The van der Waals surface area contributed by atoms with E-state index in [1.54, 1.807) is 6.21 Å². The van der Waals surface area contributed by atoms with E-state index in [9.17, 15) is 4.79 Å². The number of amides is 1. The van der Waals surface area contributed by atoms with Gasteiger partial charge in [0.15, 0.2) is 0 Å². The van der Waals surface area contributed by atoms with E-state index in [1.807, 2.05) is 43.3 Å². The second-order valence-corrected chi connectivity index (χ2v) is 7.43. The van der Waals surface area contributed by atoms with E-state index in [1.165, 1.54) is 0 Å². The van der Waals surface area contributed by atoms with Crippen LogP contribution < -0.4 is 10.7 Å². The van der Waals surface area contributed by atoms with Crippen LogP contribution in [0.3, 0.4) is 0 Å². The second kappa shape index (κ2) is 8.61. The molecule has 2 aromatic carbocycles. The highest BCUT2D eigenvalue weighted by Crippen LogP contribution is 2.32. The first kappa shape index (κ1) is 18.2. The van der Waals surface area contributed by atoms with Gasteiger partial charge in [0.1, 0.15) is 0 Å². The first-order valence-corrected chi connectivity index (χ1v) is 9.10. The van der Waals surface area contributed by atoms with Crippen LogP contribution in [0.2, 0.25) is 0 Å². The van der Waals surface area contributed by atoms with Gasteiger partial charge >= 0.3 is 0 Å². The van der Waals surface area contributed by atoms with Crippen molar-refractivity contribution >= 4 is 65.6 Å². The van der Waals surface area contributed by atoms with Crippen LogP contribution in [0, 0.1) is 6.92 Å². The van der Waals surface area contributed by atoms with Crippen molar-refractivity contribution < 1.29 is 4.79 Å². The lowest BCUT2D eigenvalue weighted by atomic mass is 10.2. The molecule has 7 heteroatoms. The molecule has 0 saturated carbocycles. The highest BCUT2D eigenvalue weighted by Gasteiger charge is 2.07. The molecule has 0 atom stereocenters. The summed E-state index contributed by atoms with van der Waals surface area (Å²) in [6.07, 6.45) is 1.60. The molecule has 0 aliphatic carbocycles. The molecule has 120 valence electrons.